The molecule has 10 heteroatoms. The summed E-state index contributed by atoms with van der Waals surface area (Å²) in [4.78, 5) is 26.6. The molecule has 4 rings (SSSR count). The normalized spacial score (nSPS) is 14.6. The van der Waals surface area contributed by atoms with E-state index in [1.165, 1.54) is 24.3 Å². The average molecular weight is 715 g/mol. The van der Waals surface area contributed by atoms with Gasteiger partial charge in [-0.25, -0.2) is 0 Å². The van der Waals surface area contributed by atoms with Gasteiger partial charge < -0.3 is 20.6 Å². The quantitative estimate of drug-likeness (QED) is 0.179. The first kappa shape index (κ1) is 24.7. The Labute approximate surface area is 227 Å². The van der Waals surface area contributed by atoms with Gasteiger partial charge in [-0.1, -0.05) is 12.1 Å². The van der Waals surface area contributed by atoms with Crippen molar-refractivity contribution in [2.45, 2.75) is 0 Å². The second kappa shape index (κ2) is 9.69. The van der Waals surface area contributed by atoms with Crippen LogP contribution in [0.15, 0.2) is 77.7 Å². The number of hydrogen-bond acceptors (Lipinski definition) is 5. The molecular formula is C24H13Br4NO5. The van der Waals surface area contributed by atoms with E-state index in [1.807, 2.05) is 0 Å². The smallest absolute Gasteiger partial charge is 0.260 e. The van der Waals surface area contributed by atoms with E-state index in [0.717, 1.165) is 0 Å². The molecule has 34 heavy (non-hydrogen) atoms. The van der Waals surface area contributed by atoms with E-state index >= 15 is 0 Å². The zero-order valence-electron chi connectivity index (χ0n) is 16.9. The summed E-state index contributed by atoms with van der Waals surface area (Å²) in [6, 6.07) is 12.4. The first-order valence-electron chi connectivity index (χ1n) is 9.54. The second-order valence-corrected chi connectivity index (χ2v) is 10.7. The molecule has 1 heterocycles. The Bertz CT molecular complexity index is 1420. The van der Waals surface area contributed by atoms with Gasteiger partial charge in [0.05, 0.1) is 29.2 Å². The van der Waals surface area contributed by atoms with Crippen LogP contribution in [0.4, 0.5) is 0 Å². The lowest BCUT2D eigenvalue weighted by molar-refractivity contribution is -0.115. The van der Waals surface area contributed by atoms with E-state index in [9.17, 15) is 24.9 Å². The van der Waals surface area contributed by atoms with Crippen LogP contribution in [-0.2, 0) is 4.79 Å². The van der Waals surface area contributed by atoms with E-state index < -0.39 is 11.7 Å². The molecule has 172 valence electrons. The third kappa shape index (κ3) is 4.72. The minimum absolute atomic E-state index is 0.00824. The highest BCUT2D eigenvalue weighted by atomic mass is 79.9. The highest BCUT2D eigenvalue weighted by Crippen LogP contribution is 2.39. The third-order valence-corrected chi connectivity index (χ3v) is 7.50. The Morgan fingerprint density at radius 1 is 0.794 bits per heavy atom. The van der Waals surface area contributed by atoms with E-state index in [-0.39, 0.29) is 28.4 Å². The molecule has 3 aromatic carbocycles. The molecule has 0 saturated carbocycles. The summed E-state index contributed by atoms with van der Waals surface area (Å²) in [5.74, 6) is -1.13. The van der Waals surface area contributed by atoms with Gasteiger partial charge >= 0.3 is 0 Å². The Balaban J connectivity index is 1.95. The zero-order valence-corrected chi connectivity index (χ0v) is 23.2. The number of benzene rings is 3. The van der Waals surface area contributed by atoms with Crippen molar-refractivity contribution in [2.75, 3.05) is 0 Å². The molecule has 4 N–H and O–H groups in total. The van der Waals surface area contributed by atoms with Crippen molar-refractivity contribution in [2.24, 2.45) is 0 Å². The van der Waals surface area contributed by atoms with Crippen molar-refractivity contribution in [3.05, 3.63) is 94.4 Å². The Kier molecular flexibility index (Phi) is 7.04. The monoisotopic (exact) mass is 711 g/mol. The molecule has 6 nitrogen and oxygen atoms in total. The molecule has 1 aliphatic rings. The van der Waals surface area contributed by atoms with Gasteiger partial charge in [-0.15, -0.1) is 0 Å². The summed E-state index contributed by atoms with van der Waals surface area (Å²) in [5, 5.41) is 32.5. The Morgan fingerprint density at radius 3 is 1.97 bits per heavy atom. The van der Waals surface area contributed by atoms with Crippen molar-refractivity contribution in [1.29, 1.82) is 0 Å². The number of aromatic hydroxyl groups is 3. The minimum Gasteiger partial charge on any atom is -0.507 e. The Hall–Kier alpha value is -2.40. The van der Waals surface area contributed by atoms with Gasteiger partial charge in [-0.05, 0) is 117 Å². The summed E-state index contributed by atoms with van der Waals surface area (Å²) in [6.45, 7) is 0. The maximum Gasteiger partial charge on any atom is 0.260 e. The number of hydrogen-bond donors (Lipinski definition) is 4. The molecule has 0 fully saturated rings. The molecule has 0 bridgehead atoms. The first-order chi connectivity index (χ1) is 16.1. The van der Waals surface area contributed by atoms with E-state index in [0.29, 0.717) is 40.3 Å². The van der Waals surface area contributed by atoms with Crippen LogP contribution in [0.25, 0.3) is 11.6 Å². The van der Waals surface area contributed by atoms with Gasteiger partial charge in [0.15, 0.2) is 5.78 Å². The van der Waals surface area contributed by atoms with Gasteiger partial charge in [-0.3, -0.25) is 9.59 Å². The topological polar surface area (TPSA) is 107 Å². The van der Waals surface area contributed by atoms with Crippen molar-refractivity contribution in [3.8, 4) is 17.2 Å². The number of allylic oxidation sites excluding steroid dienone is 1. The van der Waals surface area contributed by atoms with Gasteiger partial charge in [-0.2, -0.15) is 0 Å². The average Bonchev–Trinajstić information content (AvgIpc) is 3.11. The van der Waals surface area contributed by atoms with Crippen LogP contribution in [0.5, 0.6) is 17.2 Å². The third-order valence-electron chi connectivity index (χ3n) is 5.02. The number of nitrogens with one attached hydrogen (secondary N) is 1. The van der Waals surface area contributed by atoms with Gasteiger partial charge in [0.25, 0.3) is 5.91 Å². The maximum absolute atomic E-state index is 13.5. The fraction of sp³-hybridized carbons (Fsp3) is 0. The van der Waals surface area contributed by atoms with Crippen LogP contribution in [0, 0.1) is 0 Å². The summed E-state index contributed by atoms with van der Waals surface area (Å²) >= 11 is 13.0. The van der Waals surface area contributed by atoms with Crippen molar-refractivity contribution in [1.82, 2.24) is 5.32 Å². The molecule has 0 unspecified atom stereocenters. The van der Waals surface area contributed by atoms with Crippen LogP contribution < -0.4 is 5.32 Å². The largest absolute Gasteiger partial charge is 0.507 e. The lowest BCUT2D eigenvalue weighted by Gasteiger charge is -2.10. The van der Waals surface area contributed by atoms with Crippen LogP contribution >= 0.6 is 63.7 Å². The minimum atomic E-state index is -0.589. The predicted molar refractivity (Wildman–Crippen MR) is 142 cm³/mol. The van der Waals surface area contributed by atoms with Crippen LogP contribution in [0.1, 0.15) is 21.5 Å². The van der Waals surface area contributed by atoms with Crippen molar-refractivity contribution < 1.29 is 24.9 Å². The van der Waals surface area contributed by atoms with Gasteiger partial charge in [0.1, 0.15) is 17.2 Å². The number of phenols is 3. The molecule has 1 aliphatic heterocycles. The fourth-order valence-corrected chi connectivity index (χ4v) is 5.36. The van der Waals surface area contributed by atoms with E-state index in [2.05, 4.69) is 69.0 Å². The summed E-state index contributed by atoms with van der Waals surface area (Å²) in [6.07, 6.45) is 1.68. The number of rotatable bonds is 4. The second-order valence-electron chi connectivity index (χ2n) is 7.26. The highest BCUT2D eigenvalue weighted by molar-refractivity contribution is 9.11. The molecule has 0 spiro atoms. The maximum atomic E-state index is 13.5. The van der Waals surface area contributed by atoms with Crippen LogP contribution in [0.3, 0.4) is 0 Å². The molecule has 1 amide bonds. The highest BCUT2D eigenvalue weighted by Gasteiger charge is 2.34. The van der Waals surface area contributed by atoms with Crippen LogP contribution in [0.2, 0.25) is 0 Å². The zero-order chi connectivity index (χ0) is 24.7. The molecular weight excluding hydrogens is 702 g/mol. The number of amides is 1. The van der Waals surface area contributed by atoms with E-state index in [4.69, 9.17) is 0 Å². The number of carbonyl (C=O) groups is 2. The van der Waals surface area contributed by atoms with Gasteiger partial charge in [0.2, 0.25) is 0 Å². The van der Waals surface area contributed by atoms with E-state index in [1.54, 1.807) is 30.3 Å². The molecule has 0 atom stereocenters. The van der Waals surface area contributed by atoms with Crippen molar-refractivity contribution >= 4 is 87.1 Å². The summed E-state index contributed by atoms with van der Waals surface area (Å²) in [7, 11) is 0. The summed E-state index contributed by atoms with van der Waals surface area (Å²) < 4.78 is 1.45. The van der Waals surface area contributed by atoms with Crippen molar-refractivity contribution in [3.63, 3.8) is 0 Å². The molecule has 0 aliphatic carbocycles. The first-order valence-corrected chi connectivity index (χ1v) is 12.7. The molecule has 0 saturated heterocycles. The number of phenolic OH excluding ortho intramolecular Hbond substituents is 3. The SMILES string of the molecule is O=C1N/C(=C\c2ccc(O)c(Br)c2)C(c2ccc(O)c(Br)c2)=C1C(=O)c1cc(Br)c(O)c(Br)c1. The molecule has 3 aromatic rings. The standard InChI is InChI=1S/C24H13Br4NO5/c25-13-5-10(1-3-18(13)30)6-17-20(11-2-4-19(31)14(26)7-11)21(24(34)29-17)22(32)12-8-15(27)23(33)16(28)9-12/h1-9,30-31,33H,(H,29,34)/b17-6-. The number of Topliss-reactive ketones (excluding diaryl/α,β-unsaturated/α-hetero) is 1. The summed E-state index contributed by atoms with van der Waals surface area (Å²) in [5.41, 5.74) is 2.00. The molecule has 0 aromatic heterocycles. The number of ketones is 1. The fourth-order valence-electron chi connectivity index (χ4n) is 3.40. The lowest BCUT2D eigenvalue weighted by atomic mass is 9.93. The van der Waals surface area contributed by atoms with Crippen LogP contribution in [-0.4, -0.2) is 27.0 Å². The number of carbonyl (C=O) groups excluding carboxylic acids is 2. The predicted octanol–water partition coefficient (Wildman–Crippen LogP) is 6.66. The Morgan fingerprint density at radius 2 is 1.38 bits per heavy atom. The van der Waals surface area contributed by atoms with Gasteiger partial charge in [0, 0.05) is 11.1 Å². The number of halogens is 4. The molecule has 0 radical (unpaired) electrons. The lowest BCUT2D eigenvalue weighted by Crippen LogP contribution is -2.20.